The summed E-state index contributed by atoms with van der Waals surface area (Å²) < 4.78 is 21.9. The van der Waals surface area contributed by atoms with E-state index in [0.717, 1.165) is 7.11 Å². The topological polar surface area (TPSA) is 201 Å². The van der Waals surface area contributed by atoms with Crippen LogP contribution in [0.4, 0.5) is 0 Å². The maximum Gasteiger partial charge on any atom is 0.366 e. The number of aliphatic hydroxyl groups is 6. The van der Waals surface area contributed by atoms with Crippen molar-refractivity contribution in [1.29, 1.82) is 0 Å². The molecule has 12 heteroatoms. The largest absolute Gasteiger partial charge is 0.465 e. The van der Waals surface area contributed by atoms with Crippen LogP contribution >= 0.6 is 0 Å². The van der Waals surface area contributed by atoms with Crippen LogP contribution < -0.4 is 5.73 Å². The fourth-order valence-electron chi connectivity index (χ4n) is 4.01. The highest BCUT2D eigenvalue weighted by Crippen LogP contribution is 2.35. The molecule has 2 fully saturated rings. The van der Waals surface area contributed by atoms with Gasteiger partial charge in [-0.15, -0.1) is 6.58 Å². The van der Waals surface area contributed by atoms with Crippen molar-refractivity contribution in [3.05, 3.63) is 12.7 Å². The lowest BCUT2D eigenvalue weighted by Crippen LogP contribution is -2.67. The second-order valence-electron chi connectivity index (χ2n) is 8.30. The Morgan fingerprint density at radius 2 is 1.94 bits per heavy atom. The molecule has 0 aromatic carbocycles. The average Bonchev–Trinajstić information content (AvgIpc) is 2.79. The zero-order chi connectivity index (χ0) is 24.2. The van der Waals surface area contributed by atoms with Gasteiger partial charge in [0.1, 0.15) is 30.5 Å². The van der Waals surface area contributed by atoms with Crippen molar-refractivity contribution in [2.45, 2.75) is 80.4 Å². The molecule has 8 N–H and O–H groups in total. The van der Waals surface area contributed by atoms with Crippen LogP contribution in [-0.4, -0.2) is 118 Å². The lowest BCUT2D eigenvalue weighted by molar-refractivity contribution is -0.322. The summed E-state index contributed by atoms with van der Waals surface area (Å²) in [7, 11) is 1.06. The van der Waals surface area contributed by atoms with Gasteiger partial charge in [0.25, 0.3) is 5.79 Å². The Morgan fingerprint density at radius 1 is 1.28 bits per heavy atom. The average molecular weight is 465 g/mol. The fourth-order valence-corrected chi connectivity index (χ4v) is 4.01. The molecule has 186 valence electrons. The Labute approximate surface area is 186 Å². The van der Waals surface area contributed by atoms with E-state index < -0.39 is 86.3 Å². The van der Waals surface area contributed by atoms with Gasteiger partial charge in [-0.25, -0.2) is 4.79 Å². The number of carbonyl (C=O) groups is 1. The quantitative estimate of drug-likeness (QED) is 0.133. The first-order valence-electron chi connectivity index (χ1n) is 10.5. The minimum atomic E-state index is -2.25. The van der Waals surface area contributed by atoms with Crippen LogP contribution in [-0.2, 0) is 23.7 Å². The number of nitrogens with two attached hydrogens (primary N) is 1. The second kappa shape index (κ2) is 11.3. The first kappa shape index (κ1) is 27.1. The van der Waals surface area contributed by atoms with Gasteiger partial charge in [-0.05, 0) is 6.42 Å². The SMILES string of the molecule is C=CC[C@H]1O[C@H](COC2(C(=O)OC)CC(O)C(N)C(C(O)C(O)CO)O2)C(O)C(O)[C@H]1C. The minimum absolute atomic E-state index is 0.390. The molecule has 2 heterocycles. The van der Waals surface area contributed by atoms with E-state index in [1.807, 2.05) is 0 Å². The van der Waals surface area contributed by atoms with Gasteiger partial charge in [-0.3, -0.25) is 0 Å². The van der Waals surface area contributed by atoms with Gasteiger partial charge in [-0.2, -0.15) is 0 Å². The summed E-state index contributed by atoms with van der Waals surface area (Å²) in [5, 5.41) is 60.4. The third-order valence-corrected chi connectivity index (χ3v) is 6.13. The summed E-state index contributed by atoms with van der Waals surface area (Å²) in [6, 6.07) is -1.22. The molecule has 2 aliphatic rings. The van der Waals surface area contributed by atoms with Crippen LogP contribution in [0, 0.1) is 5.92 Å². The molecule has 8 unspecified atom stereocenters. The first-order chi connectivity index (χ1) is 15.0. The maximum atomic E-state index is 12.6. The number of ether oxygens (including phenoxy) is 4. The summed E-state index contributed by atoms with van der Waals surface area (Å²) in [6.45, 7) is 4.10. The number of esters is 1. The van der Waals surface area contributed by atoms with E-state index in [4.69, 9.17) is 29.8 Å². The molecule has 0 saturated carbocycles. The van der Waals surface area contributed by atoms with Crippen molar-refractivity contribution in [3.8, 4) is 0 Å². The summed E-state index contributed by atoms with van der Waals surface area (Å²) in [5.74, 6) is -3.70. The number of aliphatic hydroxyl groups excluding tert-OH is 6. The lowest BCUT2D eigenvalue weighted by atomic mass is 9.86. The van der Waals surface area contributed by atoms with Crippen LogP contribution in [0.1, 0.15) is 19.8 Å². The van der Waals surface area contributed by atoms with Gasteiger partial charge in [-0.1, -0.05) is 13.0 Å². The molecule has 2 aliphatic heterocycles. The molecule has 0 bridgehead atoms. The third kappa shape index (κ3) is 5.47. The monoisotopic (exact) mass is 465 g/mol. The van der Waals surface area contributed by atoms with E-state index in [-0.39, 0.29) is 5.92 Å². The van der Waals surface area contributed by atoms with E-state index in [9.17, 15) is 30.3 Å². The molecule has 2 rings (SSSR count). The molecular weight excluding hydrogens is 430 g/mol. The Kier molecular flexibility index (Phi) is 9.55. The summed E-state index contributed by atoms with van der Waals surface area (Å²) in [5.41, 5.74) is 5.88. The van der Waals surface area contributed by atoms with E-state index in [0.29, 0.717) is 6.42 Å². The van der Waals surface area contributed by atoms with E-state index in [1.54, 1.807) is 13.0 Å². The van der Waals surface area contributed by atoms with Gasteiger partial charge >= 0.3 is 5.97 Å². The summed E-state index contributed by atoms with van der Waals surface area (Å²) in [6.07, 6.45) is -8.78. The minimum Gasteiger partial charge on any atom is -0.465 e. The fraction of sp³-hybridized carbons (Fsp3) is 0.850. The third-order valence-electron chi connectivity index (χ3n) is 6.13. The van der Waals surface area contributed by atoms with Crippen LogP contribution in [0.25, 0.3) is 0 Å². The molecular formula is C20H35NO11. The number of hydrogen-bond acceptors (Lipinski definition) is 12. The Bertz CT molecular complexity index is 637. The maximum absolute atomic E-state index is 12.6. The van der Waals surface area contributed by atoms with Crippen LogP contribution in [0.5, 0.6) is 0 Å². The highest BCUT2D eigenvalue weighted by Gasteiger charge is 2.56. The molecule has 12 nitrogen and oxygen atoms in total. The number of hydrogen-bond donors (Lipinski definition) is 7. The highest BCUT2D eigenvalue weighted by atomic mass is 16.7. The number of methoxy groups -OCH3 is 1. The molecule has 0 spiro atoms. The Hall–Kier alpha value is -1.19. The van der Waals surface area contributed by atoms with Gasteiger partial charge < -0.3 is 55.3 Å². The van der Waals surface area contributed by atoms with Crippen molar-refractivity contribution in [3.63, 3.8) is 0 Å². The zero-order valence-electron chi connectivity index (χ0n) is 18.2. The molecule has 11 atom stereocenters. The van der Waals surface area contributed by atoms with Crippen LogP contribution in [0.3, 0.4) is 0 Å². The van der Waals surface area contributed by atoms with Gasteiger partial charge in [0.15, 0.2) is 0 Å². The first-order valence-corrected chi connectivity index (χ1v) is 10.5. The van der Waals surface area contributed by atoms with Crippen molar-refractivity contribution >= 4 is 5.97 Å². The number of carbonyl (C=O) groups excluding carboxylic acids is 1. The predicted molar refractivity (Wildman–Crippen MR) is 108 cm³/mol. The standard InChI is InChI=1S/C20H35NO11/c1-4-5-12-9(2)15(25)17(27)13(31-12)8-30-20(19(28)29-3)6-10(23)14(21)18(32-20)16(26)11(24)7-22/h4,9-18,22-27H,1,5-8,21H2,2-3H3/t9-,10?,11?,12+,13+,14?,15?,16?,17?,18?,20?/m0/s1. The van der Waals surface area contributed by atoms with Crippen molar-refractivity contribution < 1.29 is 54.4 Å². The molecule has 0 aliphatic carbocycles. The van der Waals surface area contributed by atoms with E-state index in [1.165, 1.54) is 0 Å². The number of rotatable bonds is 9. The second-order valence-corrected chi connectivity index (χ2v) is 8.30. The summed E-state index contributed by atoms with van der Waals surface area (Å²) >= 11 is 0. The highest BCUT2D eigenvalue weighted by molar-refractivity contribution is 5.78. The lowest BCUT2D eigenvalue weighted by Gasteiger charge is -2.47. The Balaban J connectivity index is 2.25. The zero-order valence-corrected chi connectivity index (χ0v) is 18.2. The van der Waals surface area contributed by atoms with Gasteiger partial charge in [0, 0.05) is 12.3 Å². The predicted octanol–water partition coefficient (Wildman–Crippen LogP) is -3.24. The van der Waals surface area contributed by atoms with Crippen molar-refractivity contribution in [2.75, 3.05) is 20.3 Å². The smallest absolute Gasteiger partial charge is 0.366 e. The molecule has 2 saturated heterocycles. The van der Waals surface area contributed by atoms with Crippen molar-refractivity contribution in [2.24, 2.45) is 11.7 Å². The summed E-state index contributed by atoms with van der Waals surface area (Å²) in [4.78, 5) is 12.6. The normalized spacial score (nSPS) is 42.2. The van der Waals surface area contributed by atoms with E-state index in [2.05, 4.69) is 6.58 Å². The molecule has 0 aromatic heterocycles. The molecule has 0 aromatic rings. The van der Waals surface area contributed by atoms with Gasteiger partial charge in [0.05, 0.1) is 44.7 Å². The van der Waals surface area contributed by atoms with E-state index >= 15 is 0 Å². The van der Waals surface area contributed by atoms with Gasteiger partial charge in [0.2, 0.25) is 0 Å². The molecule has 0 amide bonds. The Morgan fingerprint density at radius 3 is 2.50 bits per heavy atom. The van der Waals surface area contributed by atoms with Crippen LogP contribution in [0.15, 0.2) is 12.7 Å². The van der Waals surface area contributed by atoms with Crippen molar-refractivity contribution in [1.82, 2.24) is 0 Å². The molecule has 32 heavy (non-hydrogen) atoms. The molecule has 0 radical (unpaired) electrons. The van der Waals surface area contributed by atoms with Crippen LogP contribution in [0.2, 0.25) is 0 Å².